The van der Waals surface area contributed by atoms with Crippen LogP contribution < -0.4 is 14.5 Å². The second-order valence-corrected chi connectivity index (χ2v) is 10.3. The Balaban J connectivity index is 0.00000325. The summed E-state index contributed by atoms with van der Waals surface area (Å²) in [6, 6.07) is 44.7. The van der Waals surface area contributed by atoms with Crippen molar-refractivity contribution in [1.82, 2.24) is 9.55 Å². The molecule has 0 atom stereocenters. The SMILES string of the molecule is N#Cc1ccc2c(c1)c1ccc(Oc3[c-]c(N4[CH-]N(c5ccccc5)c5ccccc54)ccc3F)[c-]c1n2-c1ccccn1.[Pt]. The van der Waals surface area contributed by atoms with E-state index in [0.29, 0.717) is 28.3 Å². The van der Waals surface area contributed by atoms with Crippen molar-refractivity contribution in [2.75, 3.05) is 9.80 Å². The molecule has 220 valence electrons. The van der Waals surface area contributed by atoms with E-state index in [1.54, 1.807) is 24.4 Å². The van der Waals surface area contributed by atoms with Gasteiger partial charge in [-0.25, -0.2) is 4.98 Å². The van der Waals surface area contributed by atoms with Crippen LogP contribution in [0.5, 0.6) is 11.5 Å². The van der Waals surface area contributed by atoms with E-state index in [2.05, 4.69) is 28.1 Å². The van der Waals surface area contributed by atoms with Crippen LogP contribution in [0.15, 0.2) is 121 Å². The van der Waals surface area contributed by atoms with Gasteiger partial charge < -0.3 is 19.1 Å². The van der Waals surface area contributed by atoms with Crippen LogP contribution in [0, 0.1) is 35.9 Å². The Bertz CT molecular complexity index is 2230. The zero-order chi connectivity index (χ0) is 29.6. The molecule has 0 unspecified atom stereocenters. The molecule has 1 aliphatic heterocycles. The van der Waals surface area contributed by atoms with Crippen molar-refractivity contribution in [1.29, 1.82) is 5.26 Å². The van der Waals surface area contributed by atoms with Gasteiger partial charge in [0, 0.05) is 61.3 Å². The number of para-hydroxylation sites is 3. The maximum Gasteiger partial charge on any atom is 0.135 e. The molecule has 2 aromatic heterocycles. The molecule has 5 aromatic carbocycles. The molecule has 0 N–H and O–H groups in total. The van der Waals surface area contributed by atoms with Gasteiger partial charge in [-0.2, -0.15) is 11.3 Å². The van der Waals surface area contributed by atoms with E-state index in [-0.39, 0.29) is 26.8 Å². The second kappa shape index (κ2) is 11.6. The number of hydrogen-bond acceptors (Lipinski definition) is 5. The molecule has 0 amide bonds. The van der Waals surface area contributed by atoms with Crippen LogP contribution in [-0.2, 0) is 21.1 Å². The minimum atomic E-state index is -0.543. The van der Waals surface area contributed by atoms with Gasteiger partial charge in [0.2, 0.25) is 0 Å². The average molecular weight is 766 g/mol. The van der Waals surface area contributed by atoms with Crippen molar-refractivity contribution in [3.05, 3.63) is 152 Å². The first kappa shape index (κ1) is 28.3. The molecule has 8 rings (SSSR count). The normalized spacial score (nSPS) is 12.2. The minimum Gasteiger partial charge on any atom is -0.506 e. The summed E-state index contributed by atoms with van der Waals surface area (Å²) in [5.74, 6) is 0.423. The van der Waals surface area contributed by atoms with Gasteiger partial charge in [-0.15, -0.1) is 48.1 Å². The molecule has 0 saturated heterocycles. The van der Waals surface area contributed by atoms with E-state index in [9.17, 15) is 5.26 Å². The third kappa shape index (κ3) is 4.90. The molecular weight excluding hydrogens is 745 g/mol. The molecule has 0 aliphatic carbocycles. The number of nitrogens with zero attached hydrogens (tertiary/aromatic N) is 5. The van der Waals surface area contributed by atoms with Crippen LogP contribution in [0.2, 0.25) is 0 Å². The predicted molar refractivity (Wildman–Crippen MR) is 169 cm³/mol. The van der Waals surface area contributed by atoms with Gasteiger partial charge in [0.15, 0.2) is 0 Å². The summed E-state index contributed by atoms with van der Waals surface area (Å²) in [6.45, 7) is 1.96. The topological polar surface area (TPSA) is 57.3 Å². The summed E-state index contributed by atoms with van der Waals surface area (Å²) in [6.07, 6.45) is 1.72. The number of nitriles is 1. The van der Waals surface area contributed by atoms with E-state index in [0.717, 1.165) is 33.4 Å². The fourth-order valence-electron chi connectivity index (χ4n) is 5.65. The van der Waals surface area contributed by atoms with Crippen LogP contribution in [0.1, 0.15) is 5.56 Å². The van der Waals surface area contributed by atoms with Crippen LogP contribution >= 0.6 is 0 Å². The van der Waals surface area contributed by atoms with E-state index < -0.39 is 5.82 Å². The Hall–Kier alpha value is -5.44. The van der Waals surface area contributed by atoms with Gasteiger partial charge >= 0.3 is 0 Å². The number of halogens is 1. The van der Waals surface area contributed by atoms with E-state index >= 15 is 4.39 Å². The fourth-order valence-corrected chi connectivity index (χ4v) is 5.65. The van der Waals surface area contributed by atoms with Gasteiger partial charge in [0.25, 0.3) is 0 Å². The zero-order valence-corrected chi connectivity index (χ0v) is 25.7. The largest absolute Gasteiger partial charge is 0.506 e. The molecule has 6 nitrogen and oxygen atoms in total. The quantitative estimate of drug-likeness (QED) is 0.164. The van der Waals surface area contributed by atoms with Crippen molar-refractivity contribution < 1.29 is 30.2 Å². The molecule has 0 fully saturated rings. The summed E-state index contributed by atoms with van der Waals surface area (Å²) < 4.78 is 23.3. The third-order valence-electron chi connectivity index (χ3n) is 7.64. The van der Waals surface area contributed by atoms with Crippen molar-refractivity contribution in [3.63, 3.8) is 0 Å². The first-order valence-electron chi connectivity index (χ1n) is 14.0. The Morgan fingerprint density at radius 3 is 2.33 bits per heavy atom. The predicted octanol–water partition coefficient (Wildman–Crippen LogP) is 8.99. The maximum atomic E-state index is 15.2. The fraction of sp³-hybridized carbons (Fsp3) is 0. The van der Waals surface area contributed by atoms with Gasteiger partial charge in [0.05, 0.1) is 17.4 Å². The van der Waals surface area contributed by atoms with E-state index in [4.69, 9.17) is 4.74 Å². The van der Waals surface area contributed by atoms with Crippen LogP contribution in [-0.4, -0.2) is 9.55 Å². The monoisotopic (exact) mass is 765 g/mol. The number of rotatable bonds is 5. The number of pyridine rings is 1. The van der Waals surface area contributed by atoms with Crippen molar-refractivity contribution >= 4 is 44.6 Å². The van der Waals surface area contributed by atoms with Gasteiger partial charge in [0.1, 0.15) is 5.82 Å². The minimum absolute atomic E-state index is 0. The Kier molecular flexibility index (Phi) is 7.29. The number of ether oxygens (including phenoxy) is 1. The zero-order valence-electron chi connectivity index (χ0n) is 23.5. The maximum absolute atomic E-state index is 15.2. The molecular formula is C37H21FN5OPt-3. The van der Waals surface area contributed by atoms with E-state index in [1.165, 1.54) is 6.07 Å². The Morgan fingerprint density at radius 2 is 1.56 bits per heavy atom. The number of anilines is 4. The van der Waals surface area contributed by atoms with Crippen LogP contribution in [0.3, 0.4) is 0 Å². The molecule has 7 aromatic rings. The van der Waals surface area contributed by atoms with Crippen molar-refractivity contribution in [2.45, 2.75) is 0 Å². The third-order valence-corrected chi connectivity index (χ3v) is 7.64. The number of aromatic nitrogens is 2. The summed E-state index contributed by atoms with van der Waals surface area (Å²) in [5.41, 5.74) is 5.70. The summed E-state index contributed by atoms with van der Waals surface area (Å²) in [5, 5.41) is 11.3. The standard InChI is InChI=1S/C37H21FN5O.Pt/c38-31-17-14-27(42-24-41(26-8-2-1-3-9-26)33-10-4-5-11-34(33)42)21-36(31)44-28-15-16-29-30-20-25(23-39)13-18-32(30)43(35(29)22-28)37-12-6-7-19-40-37;/h1-20,24H;/q-3;. The van der Waals surface area contributed by atoms with Crippen LogP contribution in [0.4, 0.5) is 27.1 Å². The Morgan fingerprint density at radius 1 is 0.778 bits per heavy atom. The molecule has 0 saturated carbocycles. The number of fused-ring (bicyclic) bond motifs is 4. The molecule has 8 heteroatoms. The molecule has 1 aliphatic rings. The van der Waals surface area contributed by atoms with Crippen molar-refractivity contribution in [2.24, 2.45) is 0 Å². The molecule has 45 heavy (non-hydrogen) atoms. The summed E-state index contributed by atoms with van der Waals surface area (Å²) >= 11 is 0. The first-order valence-corrected chi connectivity index (χ1v) is 14.0. The van der Waals surface area contributed by atoms with Crippen molar-refractivity contribution in [3.8, 4) is 23.4 Å². The molecule has 0 bridgehead atoms. The van der Waals surface area contributed by atoms with E-state index in [1.807, 2.05) is 107 Å². The molecule has 3 heterocycles. The number of hydrogen-bond donors (Lipinski definition) is 0. The first-order chi connectivity index (χ1) is 21.7. The summed E-state index contributed by atoms with van der Waals surface area (Å²) in [7, 11) is 0. The van der Waals surface area contributed by atoms with Gasteiger partial charge in [-0.3, -0.25) is 4.39 Å². The smallest absolute Gasteiger partial charge is 0.135 e. The molecule has 0 radical (unpaired) electrons. The molecule has 0 spiro atoms. The van der Waals surface area contributed by atoms with Crippen LogP contribution in [0.25, 0.3) is 27.6 Å². The Labute approximate surface area is 273 Å². The van der Waals surface area contributed by atoms with Gasteiger partial charge in [-0.05, 0) is 60.0 Å². The van der Waals surface area contributed by atoms with Gasteiger partial charge in [-0.1, -0.05) is 41.9 Å². The second-order valence-electron chi connectivity index (χ2n) is 10.3. The number of benzene rings is 5. The average Bonchev–Trinajstić information content (AvgIpc) is 3.62. The summed E-state index contributed by atoms with van der Waals surface area (Å²) in [4.78, 5) is 8.60.